The van der Waals surface area contributed by atoms with Crippen molar-refractivity contribution in [3.8, 4) is 6.07 Å². The van der Waals surface area contributed by atoms with E-state index in [9.17, 15) is 10.1 Å². The van der Waals surface area contributed by atoms with E-state index < -0.39 is 0 Å². The third-order valence-electron chi connectivity index (χ3n) is 4.76. The average molecular weight is 320 g/mol. The van der Waals surface area contributed by atoms with Crippen molar-refractivity contribution < 1.29 is 14.6 Å². The molecule has 1 fully saturated rings. The molecule has 3 rings (SSSR count). The number of fused-ring (bicyclic) bond motifs is 1. The smallest absolute Gasteiger partial charge is 0.280 e. The van der Waals surface area contributed by atoms with Crippen LogP contribution in [0.2, 0.25) is 0 Å². The lowest BCUT2D eigenvalue weighted by molar-refractivity contribution is -0.999. The minimum Gasteiger partial charge on any atom is -0.328 e. The molecule has 1 saturated heterocycles. The molecule has 0 radical (unpaired) electrons. The minimum atomic E-state index is 0.0460. The highest BCUT2D eigenvalue weighted by Gasteiger charge is 2.25. The van der Waals surface area contributed by atoms with Crippen molar-refractivity contribution in [1.82, 2.24) is 0 Å². The van der Waals surface area contributed by atoms with E-state index in [0.717, 1.165) is 50.4 Å². The predicted molar refractivity (Wildman–Crippen MR) is 86.5 cm³/mol. The van der Waals surface area contributed by atoms with Gasteiger partial charge < -0.3 is 15.1 Å². The SMILES string of the molecule is C[NH+]1CC[NH+](CC(=O)Nc2sc3c(c2C#N)CCCC3)CC1. The number of quaternary nitrogens is 2. The quantitative estimate of drug-likeness (QED) is 0.659. The van der Waals surface area contributed by atoms with Gasteiger partial charge >= 0.3 is 0 Å². The summed E-state index contributed by atoms with van der Waals surface area (Å²) in [5.41, 5.74) is 1.90. The number of amides is 1. The standard InChI is InChI=1S/C16H22N4OS/c1-19-6-8-20(9-7-19)11-15(21)18-16-13(10-17)12-4-2-3-5-14(12)22-16/h2-9,11H2,1H3,(H,18,21)/p+2. The third-order valence-corrected chi connectivity index (χ3v) is 5.96. The molecule has 5 nitrogen and oxygen atoms in total. The third kappa shape index (κ3) is 3.32. The van der Waals surface area contributed by atoms with Crippen molar-refractivity contribution in [2.45, 2.75) is 25.7 Å². The van der Waals surface area contributed by atoms with E-state index in [1.54, 1.807) is 16.2 Å². The van der Waals surface area contributed by atoms with Crippen LogP contribution in [0.25, 0.3) is 0 Å². The fourth-order valence-corrected chi connectivity index (χ4v) is 4.63. The highest BCUT2D eigenvalue weighted by atomic mass is 32.1. The molecule has 2 heterocycles. The summed E-state index contributed by atoms with van der Waals surface area (Å²) < 4.78 is 0. The van der Waals surface area contributed by atoms with Crippen LogP contribution in [0.5, 0.6) is 0 Å². The van der Waals surface area contributed by atoms with Crippen molar-refractivity contribution in [1.29, 1.82) is 5.26 Å². The van der Waals surface area contributed by atoms with Crippen molar-refractivity contribution in [2.24, 2.45) is 0 Å². The van der Waals surface area contributed by atoms with Crippen LogP contribution < -0.4 is 15.1 Å². The Kier molecular flexibility index (Phi) is 4.77. The van der Waals surface area contributed by atoms with Crippen LogP contribution in [-0.2, 0) is 17.6 Å². The van der Waals surface area contributed by atoms with Gasteiger partial charge in [0.2, 0.25) is 0 Å². The predicted octanol–water partition coefficient (Wildman–Crippen LogP) is -1.15. The van der Waals surface area contributed by atoms with E-state index in [4.69, 9.17) is 0 Å². The topological polar surface area (TPSA) is 61.8 Å². The molecule has 0 bridgehead atoms. The highest BCUT2D eigenvalue weighted by molar-refractivity contribution is 7.16. The molecule has 1 aromatic rings. The summed E-state index contributed by atoms with van der Waals surface area (Å²) >= 11 is 1.61. The van der Waals surface area contributed by atoms with Crippen molar-refractivity contribution in [3.05, 3.63) is 16.0 Å². The number of nitrogens with one attached hydrogen (secondary N) is 3. The van der Waals surface area contributed by atoms with Crippen LogP contribution in [-0.4, -0.2) is 45.7 Å². The summed E-state index contributed by atoms with van der Waals surface area (Å²) in [6.45, 7) is 4.86. The number of hydrogen-bond donors (Lipinski definition) is 3. The second kappa shape index (κ2) is 6.78. The van der Waals surface area contributed by atoms with Crippen molar-refractivity contribution >= 4 is 22.2 Å². The Morgan fingerprint density at radius 1 is 1.27 bits per heavy atom. The molecular formula is C16H24N4OS+2. The van der Waals surface area contributed by atoms with E-state index >= 15 is 0 Å². The highest BCUT2D eigenvalue weighted by Crippen LogP contribution is 2.37. The molecule has 2 aliphatic rings. The maximum absolute atomic E-state index is 12.3. The van der Waals surface area contributed by atoms with E-state index in [-0.39, 0.29) is 5.91 Å². The number of anilines is 1. The number of hydrogen-bond acceptors (Lipinski definition) is 3. The number of piperazine rings is 1. The molecule has 22 heavy (non-hydrogen) atoms. The second-order valence-corrected chi connectivity index (χ2v) is 7.56. The molecule has 0 saturated carbocycles. The van der Waals surface area contributed by atoms with Gasteiger partial charge in [0, 0.05) is 4.88 Å². The molecule has 0 spiro atoms. The lowest BCUT2D eigenvalue weighted by Gasteiger charge is -2.26. The van der Waals surface area contributed by atoms with Gasteiger partial charge in [-0.3, -0.25) is 4.79 Å². The Bertz CT molecular complexity index is 596. The van der Waals surface area contributed by atoms with Gasteiger partial charge in [0.25, 0.3) is 5.91 Å². The molecule has 1 aromatic heterocycles. The zero-order valence-electron chi connectivity index (χ0n) is 13.1. The maximum atomic E-state index is 12.3. The van der Waals surface area contributed by atoms with Gasteiger partial charge in [-0.25, -0.2) is 0 Å². The lowest BCUT2D eigenvalue weighted by Crippen LogP contribution is -3.27. The molecular weight excluding hydrogens is 296 g/mol. The van der Waals surface area contributed by atoms with Crippen LogP contribution in [0.15, 0.2) is 0 Å². The fraction of sp³-hybridized carbons (Fsp3) is 0.625. The first-order valence-electron chi connectivity index (χ1n) is 8.16. The number of thiophene rings is 1. The van der Waals surface area contributed by atoms with Gasteiger partial charge in [0.1, 0.15) is 37.2 Å². The van der Waals surface area contributed by atoms with Crippen LogP contribution in [0.4, 0.5) is 5.00 Å². The van der Waals surface area contributed by atoms with Crippen LogP contribution in [0, 0.1) is 11.3 Å². The average Bonchev–Trinajstić information content (AvgIpc) is 2.86. The molecule has 0 aromatic carbocycles. The molecule has 0 unspecified atom stereocenters. The first-order chi connectivity index (χ1) is 10.7. The van der Waals surface area contributed by atoms with E-state index in [2.05, 4.69) is 18.4 Å². The zero-order chi connectivity index (χ0) is 15.5. The van der Waals surface area contributed by atoms with Crippen molar-refractivity contribution in [2.75, 3.05) is 45.1 Å². The number of likely N-dealkylation sites (N-methyl/N-ethyl adjacent to an activating group) is 1. The van der Waals surface area contributed by atoms with Crippen LogP contribution in [0.3, 0.4) is 0 Å². The van der Waals surface area contributed by atoms with E-state index in [1.807, 2.05) is 0 Å². The van der Waals surface area contributed by atoms with Crippen LogP contribution in [0.1, 0.15) is 28.8 Å². The van der Waals surface area contributed by atoms with Gasteiger partial charge in [-0.05, 0) is 31.2 Å². The number of rotatable bonds is 3. The Balaban J connectivity index is 1.64. The number of nitriles is 1. The Hall–Kier alpha value is -1.42. The molecule has 1 aliphatic heterocycles. The maximum Gasteiger partial charge on any atom is 0.280 e. The molecule has 3 N–H and O–H groups in total. The van der Waals surface area contributed by atoms with Gasteiger partial charge in [0.05, 0.1) is 12.6 Å². The molecule has 1 amide bonds. The monoisotopic (exact) mass is 320 g/mol. The largest absolute Gasteiger partial charge is 0.328 e. The van der Waals surface area contributed by atoms with Crippen molar-refractivity contribution in [3.63, 3.8) is 0 Å². The first-order valence-corrected chi connectivity index (χ1v) is 8.98. The summed E-state index contributed by atoms with van der Waals surface area (Å²) in [5.74, 6) is 0.0460. The number of aryl methyl sites for hydroxylation is 1. The first kappa shape index (κ1) is 15.5. The fourth-order valence-electron chi connectivity index (χ4n) is 3.38. The summed E-state index contributed by atoms with van der Waals surface area (Å²) in [4.78, 5) is 16.5. The number of carbonyl (C=O) groups excluding carboxylic acids is 1. The molecule has 0 atom stereocenters. The Morgan fingerprint density at radius 3 is 2.73 bits per heavy atom. The Morgan fingerprint density at radius 2 is 2.00 bits per heavy atom. The molecule has 1 aliphatic carbocycles. The van der Waals surface area contributed by atoms with Gasteiger partial charge in [0.15, 0.2) is 6.54 Å². The lowest BCUT2D eigenvalue weighted by atomic mass is 9.96. The Labute approximate surface area is 135 Å². The van der Waals surface area contributed by atoms with E-state index in [0.29, 0.717) is 12.1 Å². The number of carbonyl (C=O) groups is 1. The summed E-state index contributed by atoms with van der Waals surface area (Å²) in [7, 11) is 2.20. The van der Waals surface area contributed by atoms with Gasteiger partial charge in [-0.15, -0.1) is 11.3 Å². The molecule has 6 heteroatoms. The van der Waals surface area contributed by atoms with Gasteiger partial charge in [-0.2, -0.15) is 5.26 Å². The number of nitrogens with zero attached hydrogens (tertiary/aromatic N) is 1. The van der Waals surface area contributed by atoms with E-state index in [1.165, 1.54) is 21.8 Å². The summed E-state index contributed by atoms with van der Waals surface area (Å²) in [5, 5.41) is 13.2. The zero-order valence-corrected chi connectivity index (χ0v) is 13.9. The van der Waals surface area contributed by atoms with Crippen LogP contribution >= 0.6 is 11.3 Å². The minimum absolute atomic E-state index is 0.0460. The summed E-state index contributed by atoms with van der Waals surface area (Å²) in [6, 6.07) is 2.30. The normalized spacial score (nSPS) is 24.4. The van der Waals surface area contributed by atoms with Gasteiger partial charge in [-0.1, -0.05) is 0 Å². The summed E-state index contributed by atoms with van der Waals surface area (Å²) in [6.07, 6.45) is 4.38. The molecule has 118 valence electrons. The second-order valence-electron chi connectivity index (χ2n) is 6.46.